The fourth-order valence-electron chi connectivity index (χ4n) is 3.44. The summed E-state index contributed by atoms with van der Waals surface area (Å²) in [6.07, 6.45) is 2.42. The van der Waals surface area contributed by atoms with E-state index >= 15 is 0 Å². The number of hydrogen-bond acceptors (Lipinski definition) is 5. The van der Waals surface area contributed by atoms with Crippen LogP contribution in [0.2, 0.25) is 0 Å². The van der Waals surface area contributed by atoms with Gasteiger partial charge in [-0.1, -0.05) is 30.3 Å². The minimum atomic E-state index is 0.201. The molecule has 2 aromatic rings. The molecule has 1 heterocycles. The van der Waals surface area contributed by atoms with E-state index in [0.717, 1.165) is 49.4 Å². The van der Waals surface area contributed by atoms with Crippen LogP contribution in [0.4, 0.5) is 0 Å². The van der Waals surface area contributed by atoms with Crippen LogP contribution >= 0.6 is 0 Å². The van der Waals surface area contributed by atoms with Crippen molar-refractivity contribution in [1.82, 2.24) is 4.90 Å². The third-order valence-electron chi connectivity index (χ3n) is 4.77. The Morgan fingerprint density at radius 1 is 1.00 bits per heavy atom. The molecule has 0 amide bonds. The summed E-state index contributed by atoms with van der Waals surface area (Å²) < 4.78 is 16.6. The topological polar surface area (TPSA) is 51.2 Å². The Labute approximate surface area is 155 Å². The SMILES string of the molecule is COc1ccccc1CN(Cc1cccc(OC)c1O)C[C@H]1CCCO1. The fraction of sp³-hybridized carbons (Fsp3) is 0.429. The van der Waals surface area contributed by atoms with E-state index in [1.807, 2.05) is 30.3 Å². The predicted molar refractivity (Wildman–Crippen MR) is 101 cm³/mol. The zero-order chi connectivity index (χ0) is 18.4. The molecular weight excluding hydrogens is 330 g/mol. The first-order valence-electron chi connectivity index (χ1n) is 9.02. The van der Waals surface area contributed by atoms with Gasteiger partial charge in [-0.3, -0.25) is 4.90 Å². The molecule has 1 aliphatic rings. The number of aromatic hydroxyl groups is 1. The number of phenols is 1. The molecule has 0 spiro atoms. The van der Waals surface area contributed by atoms with Crippen LogP contribution in [0.15, 0.2) is 42.5 Å². The summed E-state index contributed by atoms with van der Waals surface area (Å²) in [5.74, 6) is 1.57. The first-order chi connectivity index (χ1) is 12.7. The summed E-state index contributed by atoms with van der Waals surface area (Å²) >= 11 is 0. The van der Waals surface area contributed by atoms with E-state index < -0.39 is 0 Å². The average molecular weight is 357 g/mol. The zero-order valence-electron chi connectivity index (χ0n) is 15.5. The van der Waals surface area contributed by atoms with Gasteiger partial charge in [0.15, 0.2) is 11.5 Å². The summed E-state index contributed by atoms with van der Waals surface area (Å²) in [7, 11) is 3.26. The normalized spacial score (nSPS) is 16.8. The summed E-state index contributed by atoms with van der Waals surface area (Å²) in [5.41, 5.74) is 1.97. The molecule has 5 heteroatoms. The van der Waals surface area contributed by atoms with Crippen molar-refractivity contribution in [3.63, 3.8) is 0 Å². The van der Waals surface area contributed by atoms with Gasteiger partial charge in [0, 0.05) is 37.4 Å². The highest BCUT2D eigenvalue weighted by atomic mass is 16.5. The Balaban J connectivity index is 1.81. The second kappa shape index (κ2) is 8.92. The van der Waals surface area contributed by atoms with Crippen molar-refractivity contribution in [1.29, 1.82) is 0 Å². The quantitative estimate of drug-likeness (QED) is 0.782. The number of nitrogens with zero attached hydrogens (tertiary/aromatic N) is 1. The first kappa shape index (κ1) is 18.5. The molecule has 26 heavy (non-hydrogen) atoms. The minimum absolute atomic E-state index is 0.201. The number of para-hydroxylation sites is 2. The Morgan fingerprint density at radius 2 is 1.69 bits per heavy atom. The third-order valence-corrected chi connectivity index (χ3v) is 4.77. The average Bonchev–Trinajstić information content (AvgIpc) is 3.17. The van der Waals surface area contributed by atoms with Gasteiger partial charge in [-0.15, -0.1) is 0 Å². The predicted octanol–water partition coefficient (Wildman–Crippen LogP) is 3.59. The summed E-state index contributed by atoms with van der Waals surface area (Å²) in [5, 5.41) is 10.5. The van der Waals surface area contributed by atoms with E-state index in [0.29, 0.717) is 12.3 Å². The van der Waals surface area contributed by atoms with Gasteiger partial charge in [-0.05, 0) is 25.0 Å². The van der Waals surface area contributed by atoms with Crippen LogP contribution in [-0.4, -0.2) is 43.5 Å². The molecule has 0 unspecified atom stereocenters. The Kier molecular flexibility index (Phi) is 6.36. The lowest BCUT2D eigenvalue weighted by atomic mass is 10.1. The van der Waals surface area contributed by atoms with Gasteiger partial charge in [0.25, 0.3) is 0 Å². The van der Waals surface area contributed by atoms with Gasteiger partial charge in [-0.25, -0.2) is 0 Å². The molecule has 0 saturated carbocycles. The van der Waals surface area contributed by atoms with Crippen LogP contribution < -0.4 is 9.47 Å². The van der Waals surface area contributed by atoms with E-state index in [9.17, 15) is 5.11 Å². The van der Waals surface area contributed by atoms with Crippen molar-refractivity contribution in [2.45, 2.75) is 32.0 Å². The summed E-state index contributed by atoms with van der Waals surface area (Å²) in [4.78, 5) is 2.29. The molecule has 140 valence electrons. The number of phenolic OH excluding ortho intramolecular Hbond substituents is 1. The van der Waals surface area contributed by atoms with Crippen LogP contribution in [0.5, 0.6) is 17.2 Å². The molecule has 1 fully saturated rings. The maximum absolute atomic E-state index is 10.5. The van der Waals surface area contributed by atoms with Crippen LogP contribution in [0.25, 0.3) is 0 Å². The Bertz CT molecular complexity index is 713. The van der Waals surface area contributed by atoms with Crippen molar-refractivity contribution in [3.8, 4) is 17.2 Å². The first-order valence-corrected chi connectivity index (χ1v) is 9.02. The Morgan fingerprint density at radius 3 is 2.42 bits per heavy atom. The lowest BCUT2D eigenvalue weighted by Gasteiger charge is -2.26. The van der Waals surface area contributed by atoms with Gasteiger partial charge in [0.1, 0.15) is 5.75 Å². The fourth-order valence-corrected chi connectivity index (χ4v) is 3.44. The molecule has 1 saturated heterocycles. The van der Waals surface area contributed by atoms with Crippen molar-refractivity contribution >= 4 is 0 Å². The van der Waals surface area contributed by atoms with Crippen molar-refractivity contribution in [2.24, 2.45) is 0 Å². The molecular formula is C21H27NO4. The molecule has 3 rings (SSSR count). The number of ether oxygens (including phenoxy) is 3. The van der Waals surface area contributed by atoms with Crippen LogP contribution in [-0.2, 0) is 17.8 Å². The largest absolute Gasteiger partial charge is 0.504 e. The number of methoxy groups -OCH3 is 2. The third kappa shape index (κ3) is 4.48. The molecule has 0 aromatic heterocycles. The van der Waals surface area contributed by atoms with Crippen molar-refractivity contribution in [3.05, 3.63) is 53.6 Å². The minimum Gasteiger partial charge on any atom is -0.504 e. The molecule has 0 radical (unpaired) electrons. The standard InChI is InChI=1S/C21H27NO4/c1-24-19-10-4-3-7-16(19)13-22(15-18-9-6-12-26-18)14-17-8-5-11-20(25-2)21(17)23/h3-5,7-8,10-11,18,23H,6,9,12-15H2,1-2H3/t18-/m1/s1. The molecule has 1 aliphatic heterocycles. The summed E-state index contributed by atoms with van der Waals surface area (Å²) in [6, 6.07) is 13.6. The van der Waals surface area contributed by atoms with Gasteiger partial charge >= 0.3 is 0 Å². The smallest absolute Gasteiger partial charge is 0.162 e. The van der Waals surface area contributed by atoms with Gasteiger partial charge in [-0.2, -0.15) is 0 Å². The Hall–Kier alpha value is -2.24. The lowest BCUT2D eigenvalue weighted by molar-refractivity contribution is 0.0673. The molecule has 1 N–H and O–H groups in total. The lowest BCUT2D eigenvalue weighted by Crippen LogP contribution is -2.31. The highest BCUT2D eigenvalue weighted by Crippen LogP contribution is 2.31. The number of benzene rings is 2. The van der Waals surface area contributed by atoms with Crippen molar-refractivity contribution in [2.75, 3.05) is 27.4 Å². The maximum atomic E-state index is 10.5. The van der Waals surface area contributed by atoms with E-state index in [1.54, 1.807) is 20.3 Å². The van der Waals surface area contributed by atoms with Gasteiger partial charge in [0.2, 0.25) is 0 Å². The highest BCUT2D eigenvalue weighted by molar-refractivity contribution is 5.45. The van der Waals surface area contributed by atoms with Crippen LogP contribution in [0.1, 0.15) is 24.0 Å². The van der Waals surface area contributed by atoms with Gasteiger partial charge < -0.3 is 19.3 Å². The maximum Gasteiger partial charge on any atom is 0.162 e. The molecule has 1 atom stereocenters. The highest BCUT2D eigenvalue weighted by Gasteiger charge is 2.21. The van der Waals surface area contributed by atoms with Crippen LogP contribution in [0.3, 0.4) is 0 Å². The van der Waals surface area contributed by atoms with Crippen molar-refractivity contribution < 1.29 is 19.3 Å². The monoisotopic (exact) mass is 357 g/mol. The molecule has 2 aromatic carbocycles. The second-order valence-corrected chi connectivity index (χ2v) is 6.58. The number of rotatable bonds is 8. The number of hydrogen-bond donors (Lipinski definition) is 1. The molecule has 5 nitrogen and oxygen atoms in total. The van der Waals surface area contributed by atoms with E-state index in [1.165, 1.54) is 0 Å². The van der Waals surface area contributed by atoms with Gasteiger partial charge in [0.05, 0.1) is 20.3 Å². The van der Waals surface area contributed by atoms with E-state index in [4.69, 9.17) is 14.2 Å². The summed E-state index contributed by atoms with van der Waals surface area (Å²) in [6.45, 7) is 2.98. The zero-order valence-corrected chi connectivity index (χ0v) is 15.5. The van der Waals surface area contributed by atoms with E-state index in [2.05, 4.69) is 11.0 Å². The molecule has 0 aliphatic carbocycles. The van der Waals surface area contributed by atoms with Crippen LogP contribution in [0, 0.1) is 0 Å². The molecule has 0 bridgehead atoms. The second-order valence-electron chi connectivity index (χ2n) is 6.58. The van der Waals surface area contributed by atoms with E-state index in [-0.39, 0.29) is 11.9 Å².